The van der Waals surface area contributed by atoms with Crippen LogP contribution in [0.4, 0.5) is 0 Å². The number of allylic oxidation sites excluding steroid dienone is 4. The first-order valence-corrected chi connectivity index (χ1v) is 40.9. The zero-order chi connectivity index (χ0) is 68.4. The van der Waals surface area contributed by atoms with Crippen LogP contribution in [0, 0.1) is 5.92 Å². The number of hydrogen-bond acceptors (Lipinski definition) is 15. The molecule has 0 heterocycles. The van der Waals surface area contributed by atoms with Crippen LogP contribution in [0.15, 0.2) is 24.3 Å². The molecule has 93 heavy (non-hydrogen) atoms. The summed E-state index contributed by atoms with van der Waals surface area (Å²) < 4.78 is 68.2. The number of ether oxygens (including phenoxy) is 4. The van der Waals surface area contributed by atoms with E-state index in [2.05, 4.69) is 58.9 Å². The zero-order valence-electron chi connectivity index (χ0n) is 59.9. The molecule has 0 bridgehead atoms. The Hall–Kier alpha value is -2.46. The Morgan fingerprint density at radius 3 is 0.882 bits per heavy atom. The lowest BCUT2D eigenvalue weighted by Gasteiger charge is -2.21. The fourth-order valence-electron chi connectivity index (χ4n) is 10.8. The number of aliphatic hydroxyl groups excluding tert-OH is 1. The maximum Gasteiger partial charge on any atom is 0.472 e. The topological polar surface area (TPSA) is 237 Å². The average Bonchev–Trinajstić information content (AvgIpc) is 3.32. The molecule has 548 valence electrons. The Labute approximate surface area is 567 Å². The molecule has 0 rings (SSSR count). The molecular weight excluding hydrogens is 1220 g/mol. The lowest BCUT2D eigenvalue weighted by Crippen LogP contribution is -2.30. The van der Waals surface area contributed by atoms with Crippen molar-refractivity contribution in [3.05, 3.63) is 24.3 Å². The van der Waals surface area contributed by atoms with Crippen molar-refractivity contribution in [2.75, 3.05) is 39.6 Å². The molecule has 0 aliphatic heterocycles. The Bertz CT molecular complexity index is 1880. The number of esters is 4. The van der Waals surface area contributed by atoms with Gasteiger partial charge in [-0.05, 0) is 57.3 Å². The number of phosphoric acid groups is 2. The van der Waals surface area contributed by atoms with Crippen LogP contribution in [0.3, 0.4) is 0 Å². The second-order valence-corrected chi connectivity index (χ2v) is 29.4. The van der Waals surface area contributed by atoms with Gasteiger partial charge in [0.25, 0.3) is 0 Å². The predicted octanol–water partition coefficient (Wildman–Crippen LogP) is 21.2. The predicted molar refractivity (Wildman–Crippen MR) is 377 cm³/mol. The maximum atomic E-state index is 13.1. The molecule has 3 N–H and O–H groups in total. The maximum absolute atomic E-state index is 13.1. The van der Waals surface area contributed by atoms with Crippen LogP contribution < -0.4 is 0 Å². The Morgan fingerprint density at radius 1 is 0.333 bits per heavy atom. The van der Waals surface area contributed by atoms with Gasteiger partial charge in [-0.1, -0.05) is 309 Å². The van der Waals surface area contributed by atoms with Crippen molar-refractivity contribution in [2.45, 2.75) is 380 Å². The van der Waals surface area contributed by atoms with Gasteiger partial charge >= 0.3 is 39.5 Å². The number of unbranched alkanes of at least 4 members (excludes halogenated alkanes) is 41. The molecule has 0 aromatic rings. The highest BCUT2D eigenvalue weighted by molar-refractivity contribution is 7.47. The third-order valence-corrected chi connectivity index (χ3v) is 18.6. The summed E-state index contributed by atoms with van der Waals surface area (Å²) in [7, 11) is -9.91. The molecule has 0 spiro atoms. The van der Waals surface area contributed by atoms with Gasteiger partial charge in [-0.25, -0.2) is 9.13 Å². The van der Waals surface area contributed by atoms with Crippen LogP contribution in [-0.4, -0.2) is 96.7 Å². The molecule has 0 saturated heterocycles. The third-order valence-electron chi connectivity index (χ3n) is 16.7. The minimum absolute atomic E-state index is 0.102. The van der Waals surface area contributed by atoms with Crippen LogP contribution in [0.1, 0.15) is 362 Å². The monoisotopic (exact) mass is 1360 g/mol. The molecule has 0 amide bonds. The van der Waals surface area contributed by atoms with E-state index in [1.165, 1.54) is 154 Å². The lowest BCUT2D eigenvalue weighted by molar-refractivity contribution is -0.161. The standard InChI is InChI=1S/C74H140O17P2/c1-6-9-12-15-18-20-22-23-28-32-35-39-43-48-53-58-72(77)85-64-70(91-74(79)60-55-50-45-40-36-33-30-27-25-24-26-29-31-34-37-42-46-51-56-67(4)5)66-89-93(82,83)87-62-68(75)61-86-92(80,81)88-65-69(63-84-71(76)57-52-47-41-17-14-11-8-3)90-73(78)59-54-49-44-38-21-19-16-13-10-7-2/h20,22-23,28,67-70,75H,6-19,21,24-27,29-66H2,1-5H3,(H,80,81)(H,82,83)/b22-20-,28-23-/t68-,69+,70+/m0/s1. The lowest BCUT2D eigenvalue weighted by atomic mass is 10.0. The van der Waals surface area contributed by atoms with Crippen LogP contribution in [-0.2, 0) is 65.4 Å². The molecule has 0 aliphatic rings. The smallest absolute Gasteiger partial charge is 0.462 e. The Balaban J connectivity index is 5.19. The van der Waals surface area contributed by atoms with E-state index in [1.807, 2.05) is 0 Å². The molecule has 0 saturated carbocycles. The number of rotatable bonds is 72. The van der Waals surface area contributed by atoms with Gasteiger partial charge < -0.3 is 33.8 Å². The van der Waals surface area contributed by atoms with Crippen molar-refractivity contribution in [1.82, 2.24) is 0 Å². The van der Waals surface area contributed by atoms with Crippen LogP contribution in [0.2, 0.25) is 0 Å². The molecule has 2 unspecified atom stereocenters. The third kappa shape index (κ3) is 67.9. The second kappa shape index (κ2) is 66.8. The van der Waals surface area contributed by atoms with Crippen molar-refractivity contribution in [3.63, 3.8) is 0 Å². The van der Waals surface area contributed by atoms with Crippen LogP contribution in [0.25, 0.3) is 0 Å². The van der Waals surface area contributed by atoms with E-state index in [0.29, 0.717) is 25.7 Å². The van der Waals surface area contributed by atoms with E-state index < -0.39 is 97.5 Å². The van der Waals surface area contributed by atoms with E-state index in [9.17, 15) is 43.2 Å². The summed E-state index contributed by atoms with van der Waals surface area (Å²) in [6.07, 6.45) is 57.9. The van der Waals surface area contributed by atoms with Crippen molar-refractivity contribution in [1.29, 1.82) is 0 Å². The number of carbonyl (C=O) groups excluding carboxylic acids is 4. The van der Waals surface area contributed by atoms with E-state index in [0.717, 1.165) is 128 Å². The molecule has 0 aromatic carbocycles. The van der Waals surface area contributed by atoms with E-state index in [1.54, 1.807) is 0 Å². The summed E-state index contributed by atoms with van der Waals surface area (Å²) in [5.41, 5.74) is 0. The van der Waals surface area contributed by atoms with Gasteiger partial charge in [0.15, 0.2) is 12.2 Å². The highest BCUT2D eigenvalue weighted by Crippen LogP contribution is 2.45. The molecule has 0 aromatic heterocycles. The highest BCUT2D eigenvalue weighted by atomic mass is 31.2. The molecule has 17 nitrogen and oxygen atoms in total. The van der Waals surface area contributed by atoms with Crippen LogP contribution in [0.5, 0.6) is 0 Å². The molecule has 0 radical (unpaired) electrons. The van der Waals surface area contributed by atoms with Gasteiger partial charge in [-0.3, -0.25) is 37.3 Å². The number of aliphatic hydroxyl groups is 1. The van der Waals surface area contributed by atoms with Crippen molar-refractivity contribution >= 4 is 39.5 Å². The molecule has 0 fully saturated rings. The SMILES string of the molecule is CCCCCC/C=C\C=C/CCCCCCCC(=O)OC[C@H](COP(=O)(O)OC[C@@H](O)COP(=O)(O)OC[C@@H](COC(=O)CCCCCCCCC)OC(=O)CCCCCCCCCCCC)OC(=O)CCCCCCCCCCCCCCCCCCCCC(C)C. The number of phosphoric ester groups is 2. The normalized spacial score (nSPS) is 14.2. The van der Waals surface area contributed by atoms with Gasteiger partial charge in [0, 0.05) is 25.7 Å². The van der Waals surface area contributed by atoms with Gasteiger partial charge in [0.05, 0.1) is 26.4 Å². The number of hydrogen-bond donors (Lipinski definition) is 3. The van der Waals surface area contributed by atoms with E-state index in [-0.39, 0.29) is 25.7 Å². The average molecular weight is 1360 g/mol. The van der Waals surface area contributed by atoms with E-state index in [4.69, 9.17) is 37.0 Å². The van der Waals surface area contributed by atoms with Gasteiger partial charge in [0.1, 0.15) is 19.3 Å². The number of carbonyl (C=O) groups is 4. The van der Waals surface area contributed by atoms with Crippen molar-refractivity contribution in [2.24, 2.45) is 5.92 Å². The molecular formula is C74H140O17P2. The first-order chi connectivity index (χ1) is 45.0. The largest absolute Gasteiger partial charge is 0.472 e. The van der Waals surface area contributed by atoms with Gasteiger partial charge in [-0.15, -0.1) is 0 Å². The van der Waals surface area contributed by atoms with Crippen molar-refractivity contribution < 1.29 is 80.2 Å². The van der Waals surface area contributed by atoms with Crippen molar-refractivity contribution in [3.8, 4) is 0 Å². The Morgan fingerprint density at radius 2 is 0.581 bits per heavy atom. The fraction of sp³-hybridized carbons (Fsp3) is 0.892. The van der Waals surface area contributed by atoms with E-state index >= 15 is 0 Å². The summed E-state index contributed by atoms with van der Waals surface area (Å²) in [5.74, 6) is -1.33. The first kappa shape index (κ1) is 90.5. The summed E-state index contributed by atoms with van der Waals surface area (Å²) in [4.78, 5) is 72.5. The van der Waals surface area contributed by atoms with Gasteiger partial charge in [0.2, 0.25) is 0 Å². The quantitative estimate of drug-likeness (QED) is 0.0169. The molecule has 0 aliphatic carbocycles. The summed E-state index contributed by atoms with van der Waals surface area (Å²) in [6, 6.07) is 0. The molecule has 5 atom stereocenters. The minimum atomic E-state index is -4.96. The first-order valence-electron chi connectivity index (χ1n) is 38.0. The fourth-order valence-corrected chi connectivity index (χ4v) is 12.4. The summed E-state index contributed by atoms with van der Waals surface area (Å²) in [6.45, 7) is 7.19. The summed E-state index contributed by atoms with van der Waals surface area (Å²) in [5, 5.41) is 10.6. The zero-order valence-corrected chi connectivity index (χ0v) is 61.7. The minimum Gasteiger partial charge on any atom is -0.462 e. The summed E-state index contributed by atoms with van der Waals surface area (Å²) >= 11 is 0. The second-order valence-electron chi connectivity index (χ2n) is 26.5. The van der Waals surface area contributed by atoms with Gasteiger partial charge in [-0.2, -0.15) is 0 Å². The Kier molecular flexibility index (Phi) is 65.0. The molecule has 19 heteroatoms. The van der Waals surface area contributed by atoms with Crippen LogP contribution >= 0.6 is 15.6 Å². The highest BCUT2D eigenvalue weighted by Gasteiger charge is 2.30.